The van der Waals surface area contributed by atoms with Gasteiger partial charge in [0.15, 0.2) is 23.5 Å². The van der Waals surface area contributed by atoms with Crippen molar-refractivity contribution >= 4 is 51.2 Å². The van der Waals surface area contributed by atoms with Crippen LogP contribution in [-0.2, 0) is 38.2 Å². The van der Waals surface area contributed by atoms with E-state index >= 15 is 0 Å². The van der Waals surface area contributed by atoms with Gasteiger partial charge in [-0.3, -0.25) is 28.8 Å². The number of carbonyl (C=O) groups excluding carboxylic acids is 5. The molecule has 6 N–H and O–H groups in total. The lowest BCUT2D eigenvalue weighted by molar-refractivity contribution is -0.201. The molecule has 1 saturated heterocycles. The molecular weight excluding hydrogens is 830 g/mol. The van der Waals surface area contributed by atoms with Crippen LogP contribution in [-0.4, -0.2) is 105 Å². The fourth-order valence-corrected chi connectivity index (χ4v) is 11.6. The second-order valence-corrected chi connectivity index (χ2v) is 18.0. The van der Waals surface area contributed by atoms with Crippen LogP contribution in [0.15, 0.2) is 48.1 Å². The van der Waals surface area contributed by atoms with Crippen LogP contribution in [0.25, 0.3) is 0 Å². The number of amides is 3. The highest BCUT2D eigenvalue weighted by molar-refractivity contribution is 9.09. The number of carboxylic acids is 1. The van der Waals surface area contributed by atoms with Crippen molar-refractivity contribution in [1.82, 2.24) is 16.0 Å². The van der Waals surface area contributed by atoms with Crippen molar-refractivity contribution in [2.75, 3.05) is 18.5 Å². The lowest BCUT2D eigenvalue weighted by Gasteiger charge is -2.59. The number of aliphatic hydroxyl groups excluding tert-OH is 2. The zero-order valence-corrected chi connectivity index (χ0v) is 34.9. The van der Waals surface area contributed by atoms with Gasteiger partial charge in [-0.05, 0) is 93.9 Å². The fourth-order valence-electron chi connectivity index (χ4n) is 11.4. The summed E-state index contributed by atoms with van der Waals surface area (Å²) in [5.41, 5.74) is -0.988. The molecule has 59 heavy (non-hydrogen) atoms. The normalized spacial score (nSPS) is 36.2. The predicted octanol–water partition coefficient (Wildman–Crippen LogP) is 2.96. The number of halogens is 1. The summed E-state index contributed by atoms with van der Waals surface area (Å²) in [4.78, 5) is 74.3. The molecule has 320 valence electrons. The quantitative estimate of drug-likeness (QED) is 0.148. The van der Waals surface area contributed by atoms with Crippen LogP contribution in [0.5, 0.6) is 5.75 Å². The average Bonchev–Trinajstić information content (AvgIpc) is 3.72. The number of ketones is 2. The largest absolute Gasteiger partial charge is 0.490 e. The molecule has 16 heteroatoms. The highest BCUT2D eigenvalue weighted by atomic mass is 79.9. The zero-order valence-electron chi connectivity index (χ0n) is 33.3. The number of carbonyl (C=O) groups is 6. The maximum Gasteiger partial charge on any atom is 0.303 e. The molecular formula is C43H54BrN3O12. The fraction of sp³-hybridized carbons (Fsp3) is 0.628. The molecule has 1 aliphatic heterocycles. The Morgan fingerprint density at radius 1 is 1.03 bits per heavy atom. The molecule has 0 bridgehead atoms. The van der Waals surface area contributed by atoms with Crippen LogP contribution in [0, 0.1) is 28.6 Å². The van der Waals surface area contributed by atoms with Gasteiger partial charge in [0.2, 0.25) is 17.7 Å². The van der Waals surface area contributed by atoms with Crippen molar-refractivity contribution in [3.05, 3.63) is 53.6 Å². The number of carboxylic acid groups (broad SMARTS) is 1. The predicted molar refractivity (Wildman–Crippen MR) is 214 cm³/mol. The van der Waals surface area contributed by atoms with E-state index in [-0.39, 0.29) is 60.4 Å². The molecule has 15 nitrogen and oxygen atoms in total. The number of hydrogen-bond acceptors (Lipinski definition) is 11. The minimum Gasteiger partial charge on any atom is -0.490 e. The van der Waals surface area contributed by atoms with Gasteiger partial charge in [0, 0.05) is 34.8 Å². The highest BCUT2D eigenvalue weighted by Gasteiger charge is 2.76. The van der Waals surface area contributed by atoms with E-state index in [2.05, 4.69) is 38.8 Å². The topological polar surface area (TPSA) is 227 Å². The number of Topliss-reactive ketones (excluding diaryl/α,β-unsaturated/α-hetero) is 1. The molecule has 0 aromatic heterocycles. The third kappa shape index (κ3) is 8.15. The molecule has 1 heterocycles. The third-order valence-corrected chi connectivity index (χ3v) is 14.6. The molecule has 0 unspecified atom stereocenters. The first-order valence-electron chi connectivity index (χ1n) is 20.6. The highest BCUT2D eigenvalue weighted by Crippen LogP contribution is 2.70. The number of allylic oxidation sites excluding steroid dienone is 4. The third-order valence-electron chi connectivity index (χ3n) is 14.1. The molecule has 0 radical (unpaired) electrons. The van der Waals surface area contributed by atoms with Gasteiger partial charge in [-0.25, -0.2) is 0 Å². The van der Waals surface area contributed by atoms with Gasteiger partial charge in [-0.15, -0.1) is 0 Å². The van der Waals surface area contributed by atoms with Crippen LogP contribution < -0.4 is 20.7 Å². The second-order valence-electron chi connectivity index (χ2n) is 17.5. The molecule has 7 rings (SSSR count). The standard InChI is InChI=1S/C43H54BrN3O12/c1-41-16-15-26(49)17-24(41)5-12-29-30-18-34-43(33(51)22-48,42(30,2)19-32(50)38(29)41)59-40(58-34)23-3-8-27(9-4-23)57-28-10-6-25(7-11-28)46-39(56)31(13-14-37(54)55)47-36(53)21-45-35(52)20-44/h3-4,8-9,15-17,25,28-32,34,38,40,48,50H,5-7,10-14,18-22H2,1-2H3,(H,45,52)(H,46,56)(H,47,53)(H,54,55)/t25?,28?,29-,30-,31-,32-,34+,38+,40+,41-,42-,43+/m0/s1. The Morgan fingerprint density at radius 3 is 2.44 bits per heavy atom. The maximum atomic E-state index is 13.9. The smallest absolute Gasteiger partial charge is 0.303 e. The number of benzene rings is 1. The van der Waals surface area contributed by atoms with E-state index in [0.717, 1.165) is 18.4 Å². The number of hydrogen-bond donors (Lipinski definition) is 6. The van der Waals surface area contributed by atoms with Gasteiger partial charge in [-0.2, -0.15) is 0 Å². The zero-order chi connectivity index (χ0) is 42.3. The molecule has 0 spiro atoms. The SMILES string of the molecule is C[C@]12C=CC(=O)C=C1CC[C@@H]1[C@@H]2[C@@H](O)C[C@@]2(C)[C@H]1C[C@H]1O[C@@H](c3ccc(OC4CCC(NC(=O)[C@H](CCC(=O)O)NC(=O)CNC(=O)CBr)CC4)cc3)O[C@]12C(=O)CO. The lowest BCUT2D eigenvalue weighted by Crippen LogP contribution is -2.63. The Morgan fingerprint density at radius 2 is 1.76 bits per heavy atom. The lowest BCUT2D eigenvalue weighted by atomic mass is 9.46. The minimum absolute atomic E-state index is 0.00954. The van der Waals surface area contributed by atoms with Gasteiger partial charge in [0.25, 0.3) is 0 Å². The monoisotopic (exact) mass is 883 g/mol. The van der Waals surface area contributed by atoms with Crippen molar-refractivity contribution in [2.24, 2.45) is 28.6 Å². The molecule has 6 aliphatic rings. The van der Waals surface area contributed by atoms with E-state index in [1.807, 2.05) is 37.3 Å². The van der Waals surface area contributed by atoms with Crippen LogP contribution in [0.2, 0.25) is 0 Å². The van der Waals surface area contributed by atoms with Crippen molar-refractivity contribution in [3.8, 4) is 5.75 Å². The summed E-state index contributed by atoms with van der Waals surface area (Å²) in [6.07, 6.45) is 7.28. The Bertz CT molecular complexity index is 1900. The first-order valence-corrected chi connectivity index (χ1v) is 21.7. The number of aliphatic carboxylic acids is 1. The summed E-state index contributed by atoms with van der Waals surface area (Å²) in [6, 6.07) is 6.02. The van der Waals surface area contributed by atoms with Gasteiger partial charge in [0.1, 0.15) is 18.4 Å². The van der Waals surface area contributed by atoms with E-state index in [4.69, 9.17) is 19.3 Å². The number of aliphatic hydroxyl groups is 2. The van der Waals surface area contributed by atoms with Gasteiger partial charge in [-0.1, -0.05) is 53.6 Å². The van der Waals surface area contributed by atoms with E-state index in [1.165, 1.54) is 0 Å². The van der Waals surface area contributed by atoms with Crippen LogP contribution >= 0.6 is 15.9 Å². The number of ether oxygens (including phenoxy) is 3. The summed E-state index contributed by atoms with van der Waals surface area (Å²) in [6.45, 7) is 3.05. The maximum absolute atomic E-state index is 13.9. The van der Waals surface area contributed by atoms with Gasteiger partial charge >= 0.3 is 5.97 Å². The van der Waals surface area contributed by atoms with Crippen molar-refractivity contribution in [2.45, 2.75) is 120 Å². The van der Waals surface area contributed by atoms with Crippen LogP contribution in [0.1, 0.15) is 89.9 Å². The van der Waals surface area contributed by atoms with E-state index in [0.29, 0.717) is 49.8 Å². The molecule has 4 saturated carbocycles. The van der Waals surface area contributed by atoms with Gasteiger partial charge < -0.3 is 45.5 Å². The Balaban J connectivity index is 0.953. The summed E-state index contributed by atoms with van der Waals surface area (Å²) in [7, 11) is 0. The summed E-state index contributed by atoms with van der Waals surface area (Å²) in [5.74, 6) is -2.53. The summed E-state index contributed by atoms with van der Waals surface area (Å²) in [5, 5.41) is 39.3. The Kier molecular flexibility index (Phi) is 12.6. The Hall–Kier alpha value is -3.96. The number of alkyl halides is 1. The first kappa shape index (κ1) is 43.1. The number of fused-ring (bicyclic) bond motifs is 7. The van der Waals surface area contributed by atoms with Crippen molar-refractivity contribution in [3.63, 3.8) is 0 Å². The summed E-state index contributed by atoms with van der Waals surface area (Å²) >= 11 is 2.99. The van der Waals surface area contributed by atoms with Gasteiger partial charge in [0.05, 0.1) is 30.2 Å². The molecule has 1 aromatic rings. The van der Waals surface area contributed by atoms with E-state index in [1.54, 1.807) is 12.2 Å². The molecule has 1 aromatic carbocycles. The molecule has 5 fully saturated rings. The molecule has 5 aliphatic carbocycles. The molecule has 3 amide bonds. The van der Waals surface area contributed by atoms with E-state index in [9.17, 15) is 39.0 Å². The van der Waals surface area contributed by atoms with Crippen molar-refractivity contribution in [1.29, 1.82) is 0 Å². The van der Waals surface area contributed by atoms with Crippen molar-refractivity contribution < 1.29 is 58.3 Å². The van der Waals surface area contributed by atoms with E-state index < -0.39 is 77.1 Å². The van der Waals surface area contributed by atoms with Crippen LogP contribution in [0.4, 0.5) is 0 Å². The second kappa shape index (κ2) is 17.2. The molecule has 10 atom stereocenters. The number of nitrogens with one attached hydrogen (secondary N) is 3. The summed E-state index contributed by atoms with van der Waals surface area (Å²) < 4.78 is 19.6. The Labute approximate surface area is 351 Å². The number of rotatable bonds is 14. The average molecular weight is 885 g/mol. The minimum atomic E-state index is -1.45. The van der Waals surface area contributed by atoms with Crippen LogP contribution in [0.3, 0.4) is 0 Å². The first-order chi connectivity index (χ1) is 28.1.